The molecule has 0 atom stereocenters. The van der Waals surface area contributed by atoms with E-state index < -0.39 is 17.6 Å². The molecular weight excluding hydrogens is 272 g/mol. The maximum Gasteiger partial charge on any atom is 0.338 e. The average molecular weight is 281 g/mol. The zero-order valence-corrected chi connectivity index (χ0v) is 10.7. The van der Waals surface area contributed by atoms with Crippen molar-refractivity contribution < 1.29 is 18.7 Å². The first-order valence-corrected chi connectivity index (χ1v) is 6.12. The average Bonchev–Trinajstić information content (AvgIpc) is 2.33. The fourth-order valence-corrected chi connectivity index (χ4v) is 2.48. The first-order chi connectivity index (χ1) is 8.97. The lowest BCUT2D eigenvalue weighted by Crippen LogP contribution is -2.00. The molecule has 0 saturated heterocycles. The predicted molar refractivity (Wildman–Crippen MR) is 66.4 cm³/mol. The number of nitrogens with zero attached hydrogens (tertiary/aromatic N) is 1. The van der Waals surface area contributed by atoms with Crippen LogP contribution in [0.1, 0.15) is 16.1 Å². The van der Waals surface area contributed by atoms with Gasteiger partial charge in [-0.25, -0.2) is 13.6 Å². The van der Waals surface area contributed by atoms with Crippen LogP contribution in [0, 0.1) is 18.6 Å². The standard InChI is InChI=1S/C13H9F2NO2S/c1-7-4-12(9(6-16-7)13(17)18)19-8-2-3-10(14)11(15)5-8/h2-6H,1H3,(H,17,18). The Morgan fingerprint density at radius 2 is 2.00 bits per heavy atom. The number of rotatable bonds is 3. The Balaban J connectivity index is 2.39. The van der Waals surface area contributed by atoms with Crippen LogP contribution in [0.2, 0.25) is 0 Å². The molecule has 0 aliphatic carbocycles. The predicted octanol–water partition coefficient (Wildman–Crippen LogP) is 3.52. The monoisotopic (exact) mass is 281 g/mol. The van der Waals surface area contributed by atoms with E-state index in [-0.39, 0.29) is 5.56 Å². The van der Waals surface area contributed by atoms with Gasteiger partial charge in [0.05, 0.1) is 5.56 Å². The van der Waals surface area contributed by atoms with Crippen LogP contribution < -0.4 is 0 Å². The summed E-state index contributed by atoms with van der Waals surface area (Å²) < 4.78 is 25.9. The SMILES string of the molecule is Cc1cc(Sc2ccc(F)c(F)c2)c(C(=O)O)cn1. The highest BCUT2D eigenvalue weighted by Gasteiger charge is 2.13. The molecule has 0 amide bonds. The Kier molecular flexibility index (Phi) is 3.80. The lowest BCUT2D eigenvalue weighted by Gasteiger charge is -2.06. The molecule has 2 rings (SSSR count). The molecule has 1 heterocycles. The van der Waals surface area contributed by atoms with E-state index in [0.717, 1.165) is 23.9 Å². The molecule has 2 aromatic rings. The van der Waals surface area contributed by atoms with Crippen molar-refractivity contribution in [3.8, 4) is 0 Å². The fourth-order valence-electron chi connectivity index (χ4n) is 1.45. The molecular formula is C13H9F2NO2S. The second-order valence-corrected chi connectivity index (χ2v) is 4.92. The van der Waals surface area contributed by atoms with Crippen molar-refractivity contribution in [2.24, 2.45) is 0 Å². The van der Waals surface area contributed by atoms with Crippen LogP contribution >= 0.6 is 11.8 Å². The number of pyridine rings is 1. The van der Waals surface area contributed by atoms with Crippen molar-refractivity contribution in [2.45, 2.75) is 16.7 Å². The zero-order valence-electron chi connectivity index (χ0n) is 9.85. The van der Waals surface area contributed by atoms with Crippen molar-refractivity contribution in [3.63, 3.8) is 0 Å². The van der Waals surface area contributed by atoms with E-state index in [4.69, 9.17) is 5.11 Å². The van der Waals surface area contributed by atoms with E-state index in [1.165, 1.54) is 12.3 Å². The van der Waals surface area contributed by atoms with Gasteiger partial charge in [-0.05, 0) is 31.2 Å². The molecule has 19 heavy (non-hydrogen) atoms. The van der Waals surface area contributed by atoms with E-state index in [0.29, 0.717) is 15.5 Å². The van der Waals surface area contributed by atoms with Gasteiger partial charge < -0.3 is 5.11 Å². The topological polar surface area (TPSA) is 50.2 Å². The Labute approximate surface area is 112 Å². The summed E-state index contributed by atoms with van der Waals surface area (Å²) >= 11 is 1.05. The molecule has 1 N–H and O–H groups in total. The summed E-state index contributed by atoms with van der Waals surface area (Å²) in [5, 5.41) is 9.05. The molecule has 0 bridgehead atoms. The number of aromatic carboxylic acids is 1. The number of hydrogen-bond acceptors (Lipinski definition) is 3. The Bertz CT molecular complexity index is 647. The third-order valence-electron chi connectivity index (χ3n) is 2.35. The van der Waals surface area contributed by atoms with Crippen molar-refractivity contribution in [2.75, 3.05) is 0 Å². The number of carboxylic acids is 1. The Morgan fingerprint density at radius 1 is 1.26 bits per heavy atom. The smallest absolute Gasteiger partial charge is 0.338 e. The molecule has 6 heteroatoms. The van der Waals surface area contributed by atoms with Gasteiger partial charge in [0.2, 0.25) is 0 Å². The maximum absolute atomic E-state index is 13.1. The van der Waals surface area contributed by atoms with Crippen LogP contribution in [-0.4, -0.2) is 16.1 Å². The fraction of sp³-hybridized carbons (Fsp3) is 0.0769. The third kappa shape index (κ3) is 3.08. The largest absolute Gasteiger partial charge is 0.478 e. The van der Waals surface area contributed by atoms with Crippen molar-refractivity contribution in [1.82, 2.24) is 4.98 Å². The number of hydrogen-bond donors (Lipinski definition) is 1. The van der Waals surface area contributed by atoms with Gasteiger partial charge in [0, 0.05) is 21.7 Å². The molecule has 1 aromatic heterocycles. The zero-order chi connectivity index (χ0) is 14.0. The number of benzene rings is 1. The van der Waals surface area contributed by atoms with Crippen LogP contribution in [0.4, 0.5) is 8.78 Å². The summed E-state index contributed by atoms with van der Waals surface area (Å²) in [6.45, 7) is 1.72. The second-order valence-electron chi connectivity index (χ2n) is 3.80. The molecule has 0 radical (unpaired) electrons. The summed E-state index contributed by atoms with van der Waals surface area (Å²) in [7, 11) is 0. The van der Waals surface area contributed by atoms with E-state index in [9.17, 15) is 13.6 Å². The van der Waals surface area contributed by atoms with Crippen LogP contribution in [-0.2, 0) is 0 Å². The highest BCUT2D eigenvalue weighted by molar-refractivity contribution is 7.99. The number of carboxylic acid groups (broad SMARTS) is 1. The second kappa shape index (κ2) is 5.36. The van der Waals surface area contributed by atoms with Gasteiger partial charge in [-0.3, -0.25) is 4.98 Å². The minimum absolute atomic E-state index is 0.0281. The van der Waals surface area contributed by atoms with Crippen LogP contribution in [0.3, 0.4) is 0 Å². The first-order valence-electron chi connectivity index (χ1n) is 5.30. The van der Waals surface area contributed by atoms with Gasteiger partial charge in [0.15, 0.2) is 11.6 Å². The van der Waals surface area contributed by atoms with Gasteiger partial charge >= 0.3 is 5.97 Å². The van der Waals surface area contributed by atoms with Gasteiger partial charge in [-0.15, -0.1) is 0 Å². The van der Waals surface area contributed by atoms with E-state index >= 15 is 0 Å². The molecule has 3 nitrogen and oxygen atoms in total. The maximum atomic E-state index is 13.1. The molecule has 0 unspecified atom stereocenters. The van der Waals surface area contributed by atoms with Gasteiger partial charge in [0.1, 0.15) is 0 Å². The van der Waals surface area contributed by atoms with Crippen LogP contribution in [0.25, 0.3) is 0 Å². The molecule has 98 valence electrons. The molecule has 0 spiro atoms. The van der Waals surface area contributed by atoms with E-state index in [1.807, 2.05) is 0 Å². The Hall–Kier alpha value is -1.95. The number of carbonyl (C=O) groups is 1. The minimum atomic E-state index is -1.11. The normalized spacial score (nSPS) is 10.5. The molecule has 0 aliphatic rings. The molecule has 0 aliphatic heterocycles. The van der Waals surface area contributed by atoms with Gasteiger partial charge in [-0.2, -0.15) is 0 Å². The molecule has 0 fully saturated rings. The highest BCUT2D eigenvalue weighted by atomic mass is 32.2. The summed E-state index contributed by atoms with van der Waals surface area (Å²) in [4.78, 5) is 15.8. The van der Waals surface area contributed by atoms with Crippen molar-refractivity contribution in [1.29, 1.82) is 0 Å². The summed E-state index contributed by atoms with van der Waals surface area (Å²) in [6.07, 6.45) is 1.25. The summed E-state index contributed by atoms with van der Waals surface area (Å²) in [5.41, 5.74) is 0.676. The van der Waals surface area contributed by atoms with Crippen LogP contribution in [0.5, 0.6) is 0 Å². The number of aryl methyl sites for hydroxylation is 1. The van der Waals surface area contributed by atoms with Gasteiger partial charge in [-0.1, -0.05) is 11.8 Å². The van der Waals surface area contributed by atoms with E-state index in [2.05, 4.69) is 4.98 Å². The minimum Gasteiger partial charge on any atom is -0.478 e. The quantitative estimate of drug-likeness (QED) is 0.935. The number of aromatic nitrogens is 1. The summed E-state index contributed by atoms with van der Waals surface area (Å²) in [6, 6.07) is 5.02. The van der Waals surface area contributed by atoms with Crippen LogP contribution in [0.15, 0.2) is 40.3 Å². The first kappa shape index (κ1) is 13.5. The summed E-state index contributed by atoms with van der Waals surface area (Å²) in [5.74, 6) is -3.01. The Morgan fingerprint density at radius 3 is 2.63 bits per heavy atom. The molecule has 1 aromatic carbocycles. The van der Waals surface area contributed by atoms with Crippen molar-refractivity contribution in [3.05, 3.63) is 53.4 Å². The lowest BCUT2D eigenvalue weighted by molar-refractivity contribution is 0.0692. The van der Waals surface area contributed by atoms with E-state index in [1.54, 1.807) is 13.0 Å². The van der Waals surface area contributed by atoms with Gasteiger partial charge in [0.25, 0.3) is 0 Å². The lowest BCUT2D eigenvalue weighted by atomic mass is 10.2. The number of halogens is 2. The van der Waals surface area contributed by atoms with Crippen molar-refractivity contribution >= 4 is 17.7 Å². The molecule has 0 saturated carbocycles. The third-order valence-corrected chi connectivity index (χ3v) is 3.40. The highest BCUT2D eigenvalue weighted by Crippen LogP contribution is 2.31.